The normalized spacial score (nSPS) is 24.4. The van der Waals surface area contributed by atoms with Crippen molar-refractivity contribution in [2.75, 3.05) is 51.3 Å². The van der Waals surface area contributed by atoms with Gasteiger partial charge in [0.1, 0.15) is 23.6 Å². The van der Waals surface area contributed by atoms with E-state index in [-0.39, 0.29) is 22.8 Å². The average molecular weight is 557 g/mol. The highest BCUT2D eigenvalue weighted by Crippen LogP contribution is 2.41. The molecule has 4 saturated heterocycles. The smallest absolute Gasteiger partial charge is 0.319 e. The van der Waals surface area contributed by atoms with E-state index in [4.69, 9.17) is 14.7 Å². The van der Waals surface area contributed by atoms with E-state index in [9.17, 15) is 0 Å². The summed E-state index contributed by atoms with van der Waals surface area (Å²) >= 11 is 0. The Morgan fingerprint density at radius 3 is 2.73 bits per heavy atom. The van der Waals surface area contributed by atoms with Gasteiger partial charge in [-0.3, -0.25) is 15.0 Å². The van der Waals surface area contributed by atoms with Gasteiger partial charge in [0.2, 0.25) is 0 Å². The van der Waals surface area contributed by atoms with Crippen molar-refractivity contribution in [1.29, 1.82) is 0 Å². The van der Waals surface area contributed by atoms with Crippen LogP contribution in [0.4, 0.5) is 10.2 Å². The van der Waals surface area contributed by atoms with Crippen molar-refractivity contribution in [3.05, 3.63) is 35.9 Å². The van der Waals surface area contributed by atoms with Crippen LogP contribution in [-0.2, 0) is 0 Å². The van der Waals surface area contributed by atoms with Crippen LogP contribution >= 0.6 is 0 Å². The second-order valence-electron chi connectivity index (χ2n) is 12.7. The van der Waals surface area contributed by atoms with E-state index in [1.54, 1.807) is 12.4 Å². The first kappa shape index (κ1) is 25.3. The minimum Gasteiger partial charge on any atom is -0.461 e. The fraction of sp³-hybridized carbons (Fsp3) is 0.548. The number of aromatic amines is 1. The lowest BCUT2D eigenvalue weighted by atomic mass is 9.92. The monoisotopic (exact) mass is 556 g/mol. The van der Waals surface area contributed by atoms with Crippen molar-refractivity contribution in [3.63, 3.8) is 0 Å². The Balaban J connectivity index is 1.23. The first-order valence-corrected chi connectivity index (χ1v) is 15.1. The second-order valence-corrected chi connectivity index (χ2v) is 12.7. The van der Waals surface area contributed by atoms with E-state index in [1.807, 2.05) is 19.1 Å². The number of benzene rings is 1. The topological polar surface area (TPSA) is 86.3 Å². The van der Waals surface area contributed by atoms with Gasteiger partial charge in [-0.1, -0.05) is 0 Å². The number of piperidine rings is 1. The highest BCUT2D eigenvalue weighted by atomic mass is 19.1. The van der Waals surface area contributed by atoms with Crippen LogP contribution < -0.4 is 9.64 Å². The zero-order chi connectivity index (χ0) is 27.7. The maximum Gasteiger partial charge on any atom is 0.319 e. The van der Waals surface area contributed by atoms with Crippen molar-refractivity contribution in [1.82, 2.24) is 34.9 Å². The number of aromatic nitrogens is 5. The van der Waals surface area contributed by atoms with Crippen LogP contribution in [-0.4, -0.2) is 92.9 Å². The second kappa shape index (κ2) is 9.59. The van der Waals surface area contributed by atoms with Crippen LogP contribution in [0.5, 0.6) is 6.01 Å². The molecule has 3 aromatic heterocycles. The lowest BCUT2D eigenvalue weighted by molar-refractivity contribution is 0.108. The molecule has 4 aromatic rings. The van der Waals surface area contributed by atoms with Crippen molar-refractivity contribution in [2.45, 2.75) is 57.0 Å². The molecule has 1 aromatic carbocycles. The summed E-state index contributed by atoms with van der Waals surface area (Å²) in [5, 5.41) is 8.67. The molecular weight excluding hydrogens is 519 g/mol. The molecule has 4 aliphatic rings. The van der Waals surface area contributed by atoms with Gasteiger partial charge in [0, 0.05) is 36.3 Å². The van der Waals surface area contributed by atoms with Gasteiger partial charge >= 0.3 is 6.01 Å². The first-order valence-electron chi connectivity index (χ1n) is 15.1. The third-order valence-electron chi connectivity index (χ3n) is 10.3. The van der Waals surface area contributed by atoms with Crippen LogP contribution in [0, 0.1) is 18.7 Å². The molecule has 0 radical (unpaired) electrons. The number of rotatable bonds is 5. The van der Waals surface area contributed by atoms with Gasteiger partial charge in [-0.25, -0.2) is 4.39 Å². The number of pyridine rings is 1. The summed E-state index contributed by atoms with van der Waals surface area (Å²) in [7, 11) is 2.21. The predicted octanol–water partition coefficient (Wildman–Crippen LogP) is 4.55. The molecule has 2 atom stereocenters. The van der Waals surface area contributed by atoms with E-state index in [0.29, 0.717) is 29.5 Å². The Kier molecular flexibility index (Phi) is 5.93. The molecule has 0 spiro atoms. The number of hydrogen-bond acceptors (Lipinski definition) is 8. The third-order valence-corrected chi connectivity index (χ3v) is 10.3. The highest BCUT2D eigenvalue weighted by Gasteiger charge is 2.45. The number of nitrogens with one attached hydrogen (secondary N) is 1. The van der Waals surface area contributed by atoms with Crippen LogP contribution in [0.3, 0.4) is 0 Å². The maximum atomic E-state index is 16.6. The van der Waals surface area contributed by atoms with Crippen molar-refractivity contribution >= 4 is 27.6 Å². The number of likely N-dealkylation sites (N-methyl/N-ethyl adjacent to an activating group) is 1. The summed E-state index contributed by atoms with van der Waals surface area (Å²) in [4.78, 5) is 21.7. The zero-order valence-electron chi connectivity index (χ0n) is 23.9. The van der Waals surface area contributed by atoms with Gasteiger partial charge in [-0.2, -0.15) is 15.1 Å². The number of aryl methyl sites for hydroxylation is 1. The minimum atomic E-state index is -0.446. The number of ether oxygens (including phenoxy) is 1. The summed E-state index contributed by atoms with van der Waals surface area (Å²) in [6.07, 6.45) is 10.5. The van der Waals surface area contributed by atoms with Crippen LogP contribution in [0.25, 0.3) is 33.1 Å². The summed E-state index contributed by atoms with van der Waals surface area (Å²) < 4.78 is 23.0. The molecule has 0 amide bonds. The molecule has 1 N–H and O–H groups in total. The Labute approximate surface area is 239 Å². The number of anilines is 1. The van der Waals surface area contributed by atoms with Crippen LogP contribution in [0.2, 0.25) is 0 Å². The maximum absolute atomic E-state index is 16.6. The molecule has 4 aliphatic heterocycles. The van der Waals surface area contributed by atoms with E-state index in [2.05, 4.69) is 36.9 Å². The number of fused-ring (bicyclic) bond motifs is 4. The molecule has 8 rings (SSSR count). The SMILES string of the molecule is Cc1cc(-c2ncc3c(N4CCC5CCN(C)C5C4)nc(OCC45CCCN4CCC5)nc3c2F)c2cn[nH]c2c1. The Hall–Kier alpha value is -3.37. The van der Waals surface area contributed by atoms with Crippen molar-refractivity contribution in [2.24, 2.45) is 5.92 Å². The summed E-state index contributed by atoms with van der Waals surface area (Å²) in [6.45, 7) is 7.65. The lowest BCUT2D eigenvalue weighted by Gasteiger charge is -2.38. The Bertz CT molecular complexity index is 1630. The van der Waals surface area contributed by atoms with Crippen LogP contribution in [0.15, 0.2) is 24.5 Å². The fourth-order valence-corrected chi connectivity index (χ4v) is 8.11. The first-order chi connectivity index (χ1) is 20.0. The summed E-state index contributed by atoms with van der Waals surface area (Å²) in [5.41, 5.74) is 3.16. The molecule has 2 unspecified atom stereocenters. The minimum absolute atomic E-state index is 0.0553. The third kappa shape index (κ3) is 4.09. The zero-order valence-corrected chi connectivity index (χ0v) is 23.9. The molecule has 0 saturated carbocycles. The largest absolute Gasteiger partial charge is 0.461 e. The van der Waals surface area contributed by atoms with Gasteiger partial charge in [0.25, 0.3) is 0 Å². The summed E-state index contributed by atoms with van der Waals surface area (Å²) in [6, 6.07) is 4.70. The number of nitrogens with zero attached hydrogens (tertiary/aromatic N) is 7. The molecule has 9 nitrogen and oxygen atoms in total. The number of hydrogen-bond donors (Lipinski definition) is 1. The van der Waals surface area contributed by atoms with E-state index < -0.39 is 5.82 Å². The number of halogens is 1. The molecule has 10 heteroatoms. The lowest BCUT2D eigenvalue weighted by Crippen LogP contribution is -2.47. The van der Waals surface area contributed by atoms with Gasteiger partial charge in [-0.15, -0.1) is 0 Å². The van der Waals surface area contributed by atoms with Crippen LogP contribution in [0.1, 0.15) is 44.1 Å². The van der Waals surface area contributed by atoms with Crippen molar-refractivity contribution < 1.29 is 9.13 Å². The average Bonchev–Trinajstić information content (AvgIpc) is 3.76. The van der Waals surface area contributed by atoms with Crippen molar-refractivity contribution in [3.8, 4) is 17.3 Å². The number of likely N-dealkylation sites (tertiary alicyclic amines) is 1. The van der Waals surface area contributed by atoms with E-state index in [0.717, 1.165) is 74.3 Å². The molecular formula is C31H37FN8O. The van der Waals surface area contributed by atoms with E-state index in [1.165, 1.54) is 19.3 Å². The molecule has 7 heterocycles. The van der Waals surface area contributed by atoms with Gasteiger partial charge < -0.3 is 14.5 Å². The van der Waals surface area contributed by atoms with Gasteiger partial charge in [0.05, 0.1) is 22.6 Å². The number of H-pyrrole nitrogens is 1. The highest BCUT2D eigenvalue weighted by molar-refractivity contribution is 5.98. The molecule has 0 aliphatic carbocycles. The standard InChI is InChI=1S/C31H37FN8O/c1-19-13-21(22-16-34-37-24(22)14-19)27-26(32)28-23(15-33-27)29(39-12-6-20-5-11-38(2)25(20)17-39)36-30(35-28)41-18-31-7-3-9-40(31)10-4-8-31/h13-16,20,25H,3-12,17-18H2,1-2H3,(H,34,37). The quantitative estimate of drug-likeness (QED) is 0.383. The molecule has 214 valence electrons. The summed E-state index contributed by atoms with van der Waals surface area (Å²) in [5.74, 6) is 0.986. The molecule has 41 heavy (non-hydrogen) atoms. The Morgan fingerprint density at radius 2 is 1.88 bits per heavy atom. The molecule has 4 fully saturated rings. The van der Waals surface area contributed by atoms with E-state index >= 15 is 4.39 Å². The van der Waals surface area contributed by atoms with Gasteiger partial charge in [-0.05, 0) is 95.7 Å². The fourth-order valence-electron chi connectivity index (χ4n) is 8.11. The molecule has 0 bridgehead atoms. The Morgan fingerprint density at radius 1 is 1.05 bits per heavy atom. The van der Waals surface area contributed by atoms with Gasteiger partial charge in [0.15, 0.2) is 5.82 Å². The predicted molar refractivity (Wildman–Crippen MR) is 157 cm³/mol.